The summed E-state index contributed by atoms with van der Waals surface area (Å²) in [6, 6.07) is 0. The molecular formula is C25H34Na2O9. The van der Waals surface area contributed by atoms with Crippen LogP contribution in [0.4, 0.5) is 0 Å². The summed E-state index contributed by atoms with van der Waals surface area (Å²) in [5.41, 5.74) is -1.23. The standard InChI is InChI=1S/C21H30O5.C4H6O4.2Na/c1-19-7-5-13(23)9-12(19)3-4-14-15-6-8-21(26,17(25)11-22)20(15,2)10-16(24)18(14)19;5-3(6)1-2-4(7)8;;/h9,14-16,18,22,24,26H,3-8,10-11H2,1-2H3;1-2H2,(H,5,6)(H,7,8);;/q;;2*+1/p-2/t14?,15?,16-,18?,19-,20-,21-;;;/m0.../s1. The number of hydrogen-bond acceptors (Lipinski definition) is 9. The Bertz CT molecular complexity index is 892. The molecule has 4 aliphatic carbocycles. The van der Waals surface area contributed by atoms with Gasteiger partial charge in [-0.25, -0.2) is 0 Å². The van der Waals surface area contributed by atoms with Crippen molar-refractivity contribution in [3.05, 3.63) is 11.6 Å². The molecule has 3 fully saturated rings. The van der Waals surface area contributed by atoms with Crippen LogP contribution in [0.2, 0.25) is 0 Å². The number of fused-ring (bicyclic) bond motifs is 5. The second-order valence-electron chi connectivity index (χ2n) is 10.8. The summed E-state index contributed by atoms with van der Waals surface area (Å²) in [6.45, 7) is 3.46. The van der Waals surface area contributed by atoms with Crippen molar-refractivity contribution < 1.29 is 104 Å². The summed E-state index contributed by atoms with van der Waals surface area (Å²) in [6.07, 6.45) is 4.80. The van der Waals surface area contributed by atoms with Gasteiger partial charge in [-0.2, -0.15) is 0 Å². The molecule has 0 bridgehead atoms. The van der Waals surface area contributed by atoms with E-state index < -0.39 is 54.3 Å². The maximum atomic E-state index is 12.4. The van der Waals surface area contributed by atoms with E-state index in [9.17, 15) is 44.7 Å². The average Bonchev–Trinajstić information content (AvgIpc) is 3.03. The van der Waals surface area contributed by atoms with Crippen molar-refractivity contribution in [3.8, 4) is 0 Å². The van der Waals surface area contributed by atoms with Crippen LogP contribution in [-0.2, 0) is 19.2 Å². The molecule has 0 aliphatic heterocycles. The van der Waals surface area contributed by atoms with E-state index in [0.29, 0.717) is 19.3 Å². The third kappa shape index (κ3) is 6.05. The fourth-order valence-corrected chi connectivity index (χ4v) is 7.49. The minimum absolute atomic E-state index is 0. The molecule has 0 aromatic carbocycles. The molecule has 0 aromatic heterocycles. The van der Waals surface area contributed by atoms with Crippen LogP contribution in [0.3, 0.4) is 0 Å². The minimum Gasteiger partial charge on any atom is -0.550 e. The molecule has 0 amide bonds. The van der Waals surface area contributed by atoms with Gasteiger partial charge in [0.25, 0.3) is 0 Å². The fraction of sp³-hybridized carbons (Fsp3) is 0.760. The summed E-state index contributed by atoms with van der Waals surface area (Å²) in [5.74, 6) is -2.59. The van der Waals surface area contributed by atoms with Crippen molar-refractivity contribution in [2.75, 3.05) is 6.61 Å². The Morgan fingerprint density at radius 3 is 2.14 bits per heavy atom. The van der Waals surface area contributed by atoms with Crippen LogP contribution in [0, 0.1) is 28.6 Å². The van der Waals surface area contributed by atoms with Gasteiger partial charge in [0.2, 0.25) is 0 Å². The monoisotopic (exact) mass is 524 g/mol. The average molecular weight is 525 g/mol. The Kier molecular flexibility index (Phi) is 12.1. The predicted octanol–water partition coefficient (Wildman–Crippen LogP) is -6.94. The summed E-state index contributed by atoms with van der Waals surface area (Å²) in [4.78, 5) is 43.3. The number of carbonyl (C=O) groups excluding carboxylic acids is 4. The number of aliphatic hydroxyl groups excluding tert-OH is 2. The van der Waals surface area contributed by atoms with Crippen molar-refractivity contribution in [1.29, 1.82) is 0 Å². The zero-order valence-corrected chi connectivity index (χ0v) is 25.7. The second-order valence-corrected chi connectivity index (χ2v) is 10.8. The Morgan fingerprint density at radius 1 is 1.03 bits per heavy atom. The maximum absolute atomic E-state index is 12.4. The van der Waals surface area contributed by atoms with E-state index in [2.05, 4.69) is 6.92 Å². The molecule has 11 heteroatoms. The van der Waals surface area contributed by atoms with Crippen LogP contribution < -0.4 is 69.3 Å². The topological polar surface area (TPSA) is 175 Å². The van der Waals surface area contributed by atoms with E-state index in [4.69, 9.17) is 0 Å². The van der Waals surface area contributed by atoms with Gasteiger partial charge in [0.1, 0.15) is 12.2 Å². The van der Waals surface area contributed by atoms with E-state index in [-0.39, 0.29) is 88.1 Å². The second kappa shape index (κ2) is 12.8. The Labute approximate surface area is 255 Å². The maximum Gasteiger partial charge on any atom is 1.00 e. The predicted molar refractivity (Wildman–Crippen MR) is 114 cm³/mol. The van der Waals surface area contributed by atoms with E-state index in [0.717, 1.165) is 25.7 Å². The zero-order valence-electron chi connectivity index (χ0n) is 21.7. The van der Waals surface area contributed by atoms with Gasteiger partial charge < -0.3 is 35.1 Å². The number of carboxylic acid groups (broad SMARTS) is 2. The molecule has 7 atom stereocenters. The molecule has 0 heterocycles. The molecular weight excluding hydrogens is 490 g/mol. The van der Waals surface area contributed by atoms with Gasteiger partial charge in [-0.1, -0.05) is 19.4 Å². The van der Waals surface area contributed by atoms with Crippen molar-refractivity contribution in [3.63, 3.8) is 0 Å². The van der Waals surface area contributed by atoms with Crippen LogP contribution in [0.15, 0.2) is 11.6 Å². The van der Waals surface area contributed by atoms with Crippen LogP contribution in [0.1, 0.15) is 71.6 Å². The van der Waals surface area contributed by atoms with E-state index in [1.807, 2.05) is 6.92 Å². The quantitative estimate of drug-likeness (QED) is 0.295. The van der Waals surface area contributed by atoms with Gasteiger partial charge in [-0.3, -0.25) is 9.59 Å². The van der Waals surface area contributed by atoms with Gasteiger partial charge in [0.05, 0.1) is 6.10 Å². The first-order valence-corrected chi connectivity index (χ1v) is 12.0. The molecule has 36 heavy (non-hydrogen) atoms. The van der Waals surface area contributed by atoms with Gasteiger partial charge in [0, 0.05) is 23.8 Å². The summed E-state index contributed by atoms with van der Waals surface area (Å²) >= 11 is 0. The van der Waals surface area contributed by atoms with Crippen LogP contribution in [-0.4, -0.2) is 57.1 Å². The molecule has 3 saturated carbocycles. The molecule has 3 N–H and O–H groups in total. The number of hydrogen-bond donors (Lipinski definition) is 3. The molecule has 4 aliphatic rings. The minimum atomic E-state index is -1.54. The summed E-state index contributed by atoms with van der Waals surface area (Å²) < 4.78 is 0. The van der Waals surface area contributed by atoms with Crippen molar-refractivity contribution >= 4 is 23.5 Å². The van der Waals surface area contributed by atoms with Gasteiger partial charge in [0.15, 0.2) is 11.6 Å². The first kappa shape index (κ1) is 33.9. The Morgan fingerprint density at radius 2 is 1.61 bits per heavy atom. The van der Waals surface area contributed by atoms with E-state index in [1.54, 1.807) is 6.08 Å². The van der Waals surface area contributed by atoms with E-state index >= 15 is 0 Å². The molecule has 3 unspecified atom stereocenters. The smallest absolute Gasteiger partial charge is 0.550 e. The van der Waals surface area contributed by atoms with Crippen molar-refractivity contribution in [2.24, 2.45) is 28.6 Å². The first-order chi connectivity index (χ1) is 15.8. The van der Waals surface area contributed by atoms with Crippen LogP contribution in [0.5, 0.6) is 0 Å². The number of aliphatic carboxylic acids is 2. The third-order valence-corrected chi connectivity index (χ3v) is 9.19. The molecule has 4 rings (SSSR count). The molecule has 0 spiro atoms. The molecule has 190 valence electrons. The normalized spacial score (nSPS) is 38.4. The Hall–Kier alpha value is -0.100. The largest absolute Gasteiger partial charge is 1.00 e. The van der Waals surface area contributed by atoms with Gasteiger partial charge >= 0.3 is 59.1 Å². The Balaban J connectivity index is 0.000000567. The number of allylic oxidation sites excluding steroid dienone is 1. The molecule has 0 radical (unpaired) electrons. The number of ketones is 2. The summed E-state index contributed by atoms with van der Waals surface area (Å²) in [5, 5.41) is 50.7. The number of rotatable bonds is 5. The zero-order chi connectivity index (χ0) is 25.5. The number of carboxylic acids is 2. The fourth-order valence-electron chi connectivity index (χ4n) is 7.49. The van der Waals surface area contributed by atoms with Gasteiger partial charge in [-0.05, 0) is 80.6 Å². The summed E-state index contributed by atoms with van der Waals surface area (Å²) in [7, 11) is 0. The molecule has 0 aromatic rings. The molecule has 9 nitrogen and oxygen atoms in total. The SMILES string of the molecule is C[C@]12CCC(=O)C=C1CCC1C2[C@@H](O)C[C@@]2(C)C1CC[C@]2(O)C(=O)CO.O=C([O-])CCC(=O)[O-].[Na+].[Na+]. The van der Waals surface area contributed by atoms with E-state index in [1.165, 1.54) is 5.57 Å². The van der Waals surface area contributed by atoms with Crippen LogP contribution >= 0.6 is 0 Å². The first-order valence-electron chi connectivity index (χ1n) is 12.0. The molecule has 0 saturated heterocycles. The number of aliphatic hydroxyl groups is 3. The number of Topliss-reactive ketones (excluding diaryl/α,β-unsaturated/α-hetero) is 1. The number of carbonyl (C=O) groups is 4. The van der Waals surface area contributed by atoms with Crippen molar-refractivity contribution in [1.82, 2.24) is 0 Å². The third-order valence-electron chi connectivity index (χ3n) is 9.19. The van der Waals surface area contributed by atoms with Gasteiger partial charge in [-0.15, -0.1) is 0 Å². The van der Waals surface area contributed by atoms with Crippen LogP contribution in [0.25, 0.3) is 0 Å². The van der Waals surface area contributed by atoms with Crippen molar-refractivity contribution in [2.45, 2.75) is 83.3 Å².